The molecule has 1 N–H and O–H groups in total. The van der Waals surface area contributed by atoms with Crippen LogP contribution in [0.1, 0.15) is 36.6 Å². The van der Waals surface area contributed by atoms with Gasteiger partial charge < -0.3 is 19.2 Å². The molecule has 0 aliphatic heterocycles. The zero-order valence-corrected chi connectivity index (χ0v) is 12.9. The molecule has 5 nitrogen and oxygen atoms in total. The molecule has 0 saturated heterocycles. The van der Waals surface area contributed by atoms with Crippen molar-refractivity contribution in [2.75, 3.05) is 13.2 Å². The summed E-state index contributed by atoms with van der Waals surface area (Å²) in [6, 6.07) is 10.8. The van der Waals surface area contributed by atoms with E-state index in [0.29, 0.717) is 24.7 Å². The van der Waals surface area contributed by atoms with Crippen molar-refractivity contribution in [2.24, 2.45) is 0 Å². The minimum atomic E-state index is -0.200. The highest BCUT2D eigenvalue weighted by Gasteiger charge is 2.10. The van der Waals surface area contributed by atoms with Crippen molar-refractivity contribution < 1.29 is 18.7 Å². The van der Waals surface area contributed by atoms with Gasteiger partial charge in [0, 0.05) is 6.54 Å². The van der Waals surface area contributed by atoms with Crippen LogP contribution in [0.3, 0.4) is 0 Å². The van der Waals surface area contributed by atoms with E-state index < -0.39 is 0 Å². The second-order valence-corrected chi connectivity index (χ2v) is 4.71. The fourth-order valence-corrected chi connectivity index (χ4v) is 1.86. The number of benzene rings is 1. The van der Waals surface area contributed by atoms with E-state index in [2.05, 4.69) is 5.32 Å². The standard InChI is InChI=1S/C17H21NO4/c1-3-11-18-17(19)16-10-9-15(22-16)12-21-14-7-5-13(6-8-14)20-4-2/h5-10H,3-4,11-12H2,1-2H3,(H,18,19). The number of rotatable bonds is 8. The Kier molecular flexibility index (Phi) is 5.89. The summed E-state index contributed by atoms with van der Waals surface area (Å²) in [4.78, 5) is 11.7. The van der Waals surface area contributed by atoms with Crippen LogP contribution in [0.25, 0.3) is 0 Å². The van der Waals surface area contributed by atoms with Gasteiger partial charge in [-0.25, -0.2) is 0 Å². The molecule has 1 amide bonds. The highest BCUT2D eigenvalue weighted by atomic mass is 16.5. The Labute approximate surface area is 130 Å². The maximum atomic E-state index is 11.7. The number of amides is 1. The van der Waals surface area contributed by atoms with E-state index >= 15 is 0 Å². The highest BCUT2D eigenvalue weighted by molar-refractivity contribution is 5.91. The summed E-state index contributed by atoms with van der Waals surface area (Å²) in [7, 11) is 0. The fourth-order valence-electron chi connectivity index (χ4n) is 1.86. The molecule has 0 aliphatic rings. The van der Waals surface area contributed by atoms with Crippen molar-refractivity contribution in [1.82, 2.24) is 5.32 Å². The summed E-state index contributed by atoms with van der Waals surface area (Å²) in [5.41, 5.74) is 0. The predicted molar refractivity (Wildman–Crippen MR) is 83.3 cm³/mol. The molecular weight excluding hydrogens is 282 g/mol. The predicted octanol–water partition coefficient (Wildman–Crippen LogP) is 3.40. The molecule has 1 heterocycles. The van der Waals surface area contributed by atoms with Gasteiger partial charge in [0.25, 0.3) is 5.91 Å². The molecule has 0 aliphatic carbocycles. The third-order valence-corrected chi connectivity index (χ3v) is 2.94. The van der Waals surface area contributed by atoms with Gasteiger partial charge in [0.05, 0.1) is 6.61 Å². The Morgan fingerprint density at radius 2 is 1.73 bits per heavy atom. The molecule has 5 heteroatoms. The van der Waals surface area contributed by atoms with Gasteiger partial charge in [0.2, 0.25) is 0 Å². The number of furan rings is 1. The second kappa shape index (κ2) is 8.12. The quantitative estimate of drug-likeness (QED) is 0.812. The molecule has 118 valence electrons. The van der Waals surface area contributed by atoms with Crippen molar-refractivity contribution in [2.45, 2.75) is 26.9 Å². The lowest BCUT2D eigenvalue weighted by Gasteiger charge is -2.06. The van der Waals surface area contributed by atoms with Gasteiger partial charge in [-0.2, -0.15) is 0 Å². The number of ether oxygens (including phenoxy) is 2. The Morgan fingerprint density at radius 1 is 1.05 bits per heavy atom. The Hall–Kier alpha value is -2.43. The summed E-state index contributed by atoms with van der Waals surface area (Å²) in [5.74, 6) is 2.24. The lowest BCUT2D eigenvalue weighted by molar-refractivity contribution is 0.0922. The van der Waals surface area contributed by atoms with Crippen LogP contribution in [0.15, 0.2) is 40.8 Å². The van der Waals surface area contributed by atoms with E-state index in [4.69, 9.17) is 13.9 Å². The molecule has 1 aromatic carbocycles. The van der Waals surface area contributed by atoms with Gasteiger partial charge >= 0.3 is 0 Å². The molecule has 0 saturated carbocycles. The molecule has 0 fully saturated rings. The number of carbonyl (C=O) groups excluding carboxylic acids is 1. The lowest BCUT2D eigenvalue weighted by atomic mass is 10.3. The number of carbonyl (C=O) groups is 1. The number of hydrogen-bond acceptors (Lipinski definition) is 4. The third-order valence-electron chi connectivity index (χ3n) is 2.94. The Morgan fingerprint density at radius 3 is 2.36 bits per heavy atom. The Balaban J connectivity index is 1.86. The average molecular weight is 303 g/mol. The van der Waals surface area contributed by atoms with Gasteiger partial charge in [0.15, 0.2) is 5.76 Å². The van der Waals surface area contributed by atoms with Crippen LogP contribution < -0.4 is 14.8 Å². The second-order valence-electron chi connectivity index (χ2n) is 4.71. The first kappa shape index (κ1) is 15.9. The van der Waals surface area contributed by atoms with Gasteiger partial charge in [0.1, 0.15) is 23.9 Å². The van der Waals surface area contributed by atoms with Crippen LogP contribution in [0, 0.1) is 0 Å². The normalized spacial score (nSPS) is 10.3. The summed E-state index contributed by atoms with van der Waals surface area (Å²) < 4.78 is 16.5. The fraction of sp³-hybridized carbons (Fsp3) is 0.353. The van der Waals surface area contributed by atoms with Crippen LogP contribution in [-0.4, -0.2) is 19.1 Å². The molecule has 2 rings (SSSR count). The van der Waals surface area contributed by atoms with Crippen LogP contribution in [0.2, 0.25) is 0 Å². The molecule has 0 atom stereocenters. The largest absolute Gasteiger partial charge is 0.494 e. The summed E-state index contributed by atoms with van der Waals surface area (Å²) in [5, 5.41) is 2.77. The van der Waals surface area contributed by atoms with Crippen LogP contribution in [0.5, 0.6) is 11.5 Å². The zero-order chi connectivity index (χ0) is 15.8. The van der Waals surface area contributed by atoms with Gasteiger partial charge in [-0.05, 0) is 49.7 Å². The minimum Gasteiger partial charge on any atom is -0.494 e. The van der Waals surface area contributed by atoms with Crippen molar-refractivity contribution in [3.8, 4) is 11.5 Å². The van der Waals surface area contributed by atoms with E-state index in [-0.39, 0.29) is 12.5 Å². The summed E-state index contributed by atoms with van der Waals surface area (Å²) >= 11 is 0. The third kappa shape index (κ3) is 4.55. The SMILES string of the molecule is CCCNC(=O)c1ccc(COc2ccc(OCC)cc2)o1. The first-order valence-electron chi connectivity index (χ1n) is 7.45. The van der Waals surface area contributed by atoms with Crippen molar-refractivity contribution in [3.63, 3.8) is 0 Å². The molecular formula is C17H21NO4. The van der Waals surface area contributed by atoms with E-state index in [1.54, 1.807) is 12.1 Å². The van der Waals surface area contributed by atoms with Crippen LogP contribution >= 0.6 is 0 Å². The smallest absolute Gasteiger partial charge is 0.286 e. The van der Waals surface area contributed by atoms with Crippen molar-refractivity contribution in [3.05, 3.63) is 47.9 Å². The topological polar surface area (TPSA) is 60.7 Å². The van der Waals surface area contributed by atoms with E-state index in [1.807, 2.05) is 38.1 Å². The van der Waals surface area contributed by atoms with Crippen molar-refractivity contribution in [1.29, 1.82) is 0 Å². The lowest BCUT2D eigenvalue weighted by Crippen LogP contribution is -2.23. The van der Waals surface area contributed by atoms with Crippen LogP contribution in [-0.2, 0) is 6.61 Å². The van der Waals surface area contributed by atoms with Crippen LogP contribution in [0.4, 0.5) is 0 Å². The maximum Gasteiger partial charge on any atom is 0.286 e. The highest BCUT2D eigenvalue weighted by Crippen LogP contribution is 2.19. The van der Waals surface area contributed by atoms with Gasteiger partial charge in [-0.3, -0.25) is 4.79 Å². The summed E-state index contributed by atoms with van der Waals surface area (Å²) in [6.45, 7) is 5.48. The van der Waals surface area contributed by atoms with Gasteiger partial charge in [-0.15, -0.1) is 0 Å². The molecule has 2 aromatic rings. The molecule has 0 unspecified atom stereocenters. The monoisotopic (exact) mass is 303 g/mol. The molecule has 0 bridgehead atoms. The number of hydrogen-bond donors (Lipinski definition) is 1. The van der Waals surface area contributed by atoms with E-state index in [1.165, 1.54) is 0 Å². The van der Waals surface area contributed by atoms with E-state index in [0.717, 1.165) is 17.9 Å². The molecule has 0 radical (unpaired) electrons. The van der Waals surface area contributed by atoms with Gasteiger partial charge in [-0.1, -0.05) is 6.92 Å². The average Bonchev–Trinajstić information content (AvgIpc) is 3.01. The van der Waals surface area contributed by atoms with Crippen molar-refractivity contribution >= 4 is 5.91 Å². The molecule has 22 heavy (non-hydrogen) atoms. The first-order chi connectivity index (χ1) is 10.7. The zero-order valence-electron chi connectivity index (χ0n) is 12.9. The summed E-state index contributed by atoms with van der Waals surface area (Å²) in [6.07, 6.45) is 0.889. The molecule has 1 aromatic heterocycles. The maximum absolute atomic E-state index is 11.7. The molecule has 0 spiro atoms. The minimum absolute atomic E-state index is 0.200. The first-order valence-corrected chi connectivity index (χ1v) is 7.45. The Bertz CT molecular complexity index is 589. The number of nitrogens with one attached hydrogen (secondary N) is 1. The van der Waals surface area contributed by atoms with E-state index in [9.17, 15) is 4.79 Å².